The van der Waals surface area contributed by atoms with Crippen molar-refractivity contribution in [3.05, 3.63) is 57.0 Å². The third kappa shape index (κ3) is 5.79. The lowest BCUT2D eigenvalue weighted by Gasteiger charge is -2.10. The minimum atomic E-state index is -0.392. The summed E-state index contributed by atoms with van der Waals surface area (Å²) in [6.45, 7) is 2.65. The molecule has 0 saturated heterocycles. The Labute approximate surface area is 182 Å². The van der Waals surface area contributed by atoms with Gasteiger partial charge in [-0.05, 0) is 24.6 Å². The number of aromatic nitrogens is 3. The molecule has 0 fully saturated rings. The van der Waals surface area contributed by atoms with Gasteiger partial charge in [-0.25, -0.2) is 10.4 Å². The fourth-order valence-corrected chi connectivity index (χ4v) is 3.90. The number of unbranched alkanes of at least 4 members (excludes halogenated alkanes) is 1. The van der Waals surface area contributed by atoms with E-state index >= 15 is 0 Å². The van der Waals surface area contributed by atoms with Gasteiger partial charge >= 0.3 is 0 Å². The van der Waals surface area contributed by atoms with Crippen LogP contribution in [0.15, 0.2) is 47.3 Å². The number of hydrogen-bond acceptors (Lipinski definition) is 6. The summed E-state index contributed by atoms with van der Waals surface area (Å²) in [5.74, 6) is -0.117. The van der Waals surface area contributed by atoms with Crippen LogP contribution in [0.5, 0.6) is 5.88 Å². The van der Waals surface area contributed by atoms with Crippen molar-refractivity contribution in [3.63, 3.8) is 0 Å². The van der Waals surface area contributed by atoms with Crippen LogP contribution in [-0.4, -0.2) is 27.0 Å². The van der Waals surface area contributed by atoms with E-state index in [0.717, 1.165) is 30.6 Å². The van der Waals surface area contributed by atoms with E-state index in [-0.39, 0.29) is 12.5 Å². The van der Waals surface area contributed by atoms with Gasteiger partial charge in [0.25, 0.3) is 5.91 Å². The lowest BCUT2D eigenvalue weighted by atomic mass is 10.1. The van der Waals surface area contributed by atoms with E-state index in [2.05, 4.69) is 27.4 Å². The van der Waals surface area contributed by atoms with Crippen molar-refractivity contribution in [1.82, 2.24) is 20.0 Å². The topological polar surface area (TPSA) is 81.4 Å². The van der Waals surface area contributed by atoms with Gasteiger partial charge in [-0.15, -0.1) is 16.4 Å². The molecule has 0 spiro atoms. The summed E-state index contributed by atoms with van der Waals surface area (Å²) in [6.07, 6.45) is 6.44. The van der Waals surface area contributed by atoms with E-state index in [4.69, 9.17) is 27.9 Å². The molecule has 3 rings (SSSR count). The predicted molar refractivity (Wildman–Crippen MR) is 114 cm³/mol. The van der Waals surface area contributed by atoms with Crippen LogP contribution in [0.2, 0.25) is 10.0 Å². The lowest BCUT2D eigenvalue weighted by Crippen LogP contribution is -2.28. The molecule has 0 atom stereocenters. The largest absolute Gasteiger partial charge is 0.466 e. The molecule has 1 aromatic carbocycles. The summed E-state index contributed by atoms with van der Waals surface area (Å²) in [7, 11) is 0. The Hall–Kier alpha value is -2.42. The van der Waals surface area contributed by atoms with Crippen LogP contribution in [0.1, 0.15) is 19.8 Å². The van der Waals surface area contributed by atoms with Crippen LogP contribution in [-0.2, 0) is 11.3 Å². The highest BCUT2D eigenvalue weighted by atomic mass is 35.5. The second kappa shape index (κ2) is 10.4. The van der Waals surface area contributed by atoms with Gasteiger partial charge in [0.2, 0.25) is 10.7 Å². The summed E-state index contributed by atoms with van der Waals surface area (Å²) in [6, 6.07) is 5.39. The van der Waals surface area contributed by atoms with Crippen LogP contribution in [0, 0.1) is 0 Å². The lowest BCUT2D eigenvalue weighted by molar-refractivity contribution is -0.123. The zero-order valence-electron chi connectivity index (χ0n) is 15.6. The third-order valence-electron chi connectivity index (χ3n) is 3.91. The second-order valence-electron chi connectivity index (χ2n) is 6.01. The number of benzene rings is 1. The maximum atomic E-state index is 12.1. The number of halogens is 2. The molecule has 0 unspecified atom stereocenters. The molecule has 29 heavy (non-hydrogen) atoms. The molecule has 3 aromatic rings. The Morgan fingerprint density at radius 3 is 2.93 bits per heavy atom. The molecule has 152 valence electrons. The third-order valence-corrected chi connectivity index (χ3v) is 5.32. The van der Waals surface area contributed by atoms with E-state index < -0.39 is 5.91 Å². The average molecular weight is 452 g/mol. The first kappa shape index (κ1) is 21.3. The first-order valence-corrected chi connectivity index (χ1v) is 10.6. The molecule has 2 aromatic heterocycles. The van der Waals surface area contributed by atoms with Gasteiger partial charge in [-0.3, -0.25) is 9.78 Å². The second-order valence-corrected chi connectivity index (χ2v) is 7.69. The number of thiazole rings is 1. The van der Waals surface area contributed by atoms with Crippen molar-refractivity contribution in [1.29, 1.82) is 0 Å². The molecule has 7 nitrogen and oxygen atoms in total. The average Bonchev–Trinajstić information content (AvgIpc) is 3.12. The monoisotopic (exact) mass is 451 g/mol. The molecule has 0 saturated carbocycles. The quantitative estimate of drug-likeness (QED) is 0.522. The molecular weight excluding hydrogens is 433 g/mol. The zero-order chi connectivity index (χ0) is 20.6. The van der Waals surface area contributed by atoms with Crippen molar-refractivity contribution in [2.75, 3.05) is 6.61 Å². The van der Waals surface area contributed by atoms with Crippen LogP contribution in [0.3, 0.4) is 0 Å². The Morgan fingerprint density at radius 1 is 1.34 bits per heavy atom. The molecule has 0 aliphatic rings. The minimum Gasteiger partial charge on any atom is -0.466 e. The van der Waals surface area contributed by atoms with Crippen LogP contribution < -0.4 is 15.0 Å². The van der Waals surface area contributed by atoms with Gasteiger partial charge < -0.3 is 9.30 Å². The number of hydrogen-bond donors (Lipinski definition) is 1. The molecule has 0 aliphatic carbocycles. The van der Waals surface area contributed by atoms with Crippen molar-refractivity contribution >= 4 is 40.4 Å². The highest BCUT2D eigenvalue weighted by Gasteiger charge is 2.12. The number of carbonyl (C=O) groups is 1. The summed E-state index contributed by atoms with van der Waals surface area (Å²) in [5, 5.41) is 7.37. The number of carbonyl (C=O) groups excluding carboxylic acids is 1. The van der Waals surface area contributed by atoms with Crippen molar-refractivity contribution < 1.29 is 9.53 Å². The summed E-state index contributed by atoms with van der Waals surface area (Å²) in [4.78, 5) is 20.6. The Balaban J connectivity index is 1.79. The summed E-state index contributed by atoms with van der Waals surface area (Å²) < 4.78 is 7.31. The van der Waals surface area contributed by atoms with Crippen molar-refractivity contribution in [2.45, 2.75) is 26.3 Å². The van der Waals surface area contributed by atoms with E-state index in [0.29, 0.717) is 14.8 Å². The Kier molecular flexibility index (Phi) is 7.62. The standard InChI is InChI=1S/C19H19Cl2N5O2S/c1-2-3-8-26-16(14-5-4-13(20)9-15(14)21)12-29-19(26)25-24-17(27)11-28-18-10-22-6-7-23-18/h4-7,9-10,12H,2-3,8,11H2,1H3,(H,24,27)/b25-19-. The van der Waals surface area contributed by atoms with Gasteiger partial charge in [-0.1, -0.05) is 36.5 Å². The van der Waals surface area contributed by atoms with E-state index in [1.807, 2.05) is 16.0 Å². The maximum Gasteiger partial charge on any atom is 0.278 e. The molecule has 1 N–H and O–H groups in total. The fourth-order valence-electron chi connectivity index (χ4n) is 2.51. The molecular formula is C19H19Cl2N5O2S. The molecule has 1 amide bonds. The number of rotatable bonds is 8. The van der Waals surface area contributed by atoms with Gasteiger partial charge in [0.15, 0.2) is 6.61 Å². The molecule has 10 heteroatoms. The number of nitrogens with zero attached hydrogens (tertiary/aromatic N) is 4. The number of ether oxygens (including phenoxy) is 1. The van der Waals surface area contributed by atoms with Crippen molar-refractivity contribution in [3.8, 4) is 17.1 Å². The Morgan fingerprint density at radius 2 is 2.21 bits per heavy atom. The van der Waals surface area contributed by atoms with E-state index in [9.17, 15) is 4.79 Å². The van der Waals surface area contributed by atoms with Crippen LogP contribution in [0.25, 0.3) is 11.3 Å². The number of amides is 1. The fraction of sp³-hybridized carbons (Fsp3) is 0.263. The van der Waals surface area contributed by atoms with Crippen LogP contribution in [0.4, 0.5) is 0 Å². The minimum absolute atomic E-state index is 0.210. The Bertz CT molecular complexity index is 1040. The van der Waals surface area contributed by atoms with Gasteiger partial charge in [0.1, 0.15) is 0 Å². The smallest absolute Gasteiger partial charge is 0.278 e. The highest BCUT2D eigenvalue weighted by Crippen LogP contribution is 2.30. The first-order valence-electron chi connectivity index (χ1n) is 8.93. The molecule has 0 radical (unpaired) electrons. The van der Waals surface area contributed by atoms with E-state index in [1.165, 1.54) is 29.9 Å². The number of nitrogens with one attached hydrogen (secondary N) is 1. The zero-order valence-corrected chi connectivity index (χ0v) is 18.0. The SMILES string of the molecule is CCCCn1c(-c2ccc(Cl)cc2Cl)cs/c1=N\NC(=O)COc1cnccn1. The van der Waals surface area contributed by atoms with E-state index in [1.54, 1.807) is 12.1 Å². The van der Waals surface area contributed by atoms with Gasteiger partial charge in [0.05, 0.1) is 16.9 Å². The highest BCUT2D eigenvalue weighted by molar-refractivity contribution is 7.07. The summed E-state index contributed by atoms with van der Waals surface area (Å²) >= 11 is 13.8. The van der Waals surface area contributed by atoms with Crippen molar-refractivity contribution in [2.24, 2.45) is 5.10 Å². The molecule has 2 heterocycles. The van der Waals surface area contributed by atoms with Crippen LogP contribution >= 0.6 is 34.5 Å². The first-order chi connectivity index (χ1) is 14.1. The van der Waals surface area contributed by atoms with Gasteiger partial charge in [0, 0.05) is 34.9 Å². The predicted octanol–water partition coefficient (Wildman–Crippen LogP) is 4.12. The normalized spacial score (nSPS) is 11.5. The summed E-state index contributed by atoms with van der Waals surface area (Å²) in [5.41, 5.74) is 4.31. The molecule has 0 aliphatic heterocycles. The molecule has 0 bridgehead atoms. The maximum absolute atomic E-state index is 12.1. The van der Waals surface area contributed by atoms with Gasteiger partial charge in [-0.2, -0.15) is 0 Å².